The average Bonchev–Trinajstić information content (AvgIpc) is 2.46. The third-order valence-corrected chi connectivity index (χ3v) is 3.08. The number of esters is 2. The summed E-state index contributed by atoms with van der Waals surface area (Å²) in [4.78, 5) is 23.7. The molecule has 0 saturated carbocycles. The maximum atomic E-state index is 11.9. The molecule has 0 aliphatic rings. The minimum Gasteiger partial charge on any atom is -0.458 e. The number of likely N-dealkylation sites (N-methyl/N-ethyl adjacent to an activating group) is 1. The van der Waals surface area contributed by atoms with Gasteiger partial charge in [-0.05, 0) is 25.5 Å². The van der Waals surface area contributed by atoms with Crippen molar-refractivity contribution < 1.29 is 19.1 Å². The summed E-state index contributed by atoms with van der Waals surface area (Å²) < 4.78 is 10.3. The fourth-order valence-corrected chi connectivity index (χ4v) is 1.87. The molecule has 0 radical (unpaired) electrons. The molecular weight excluding hydrogens is 270 g/mol. The van der Waals surface area contributed by atoms with E-state index in [0.29, 0.717) is 0 Å². The molecule has 1 N–H and O–H groups in total. The van der Waals surface area contributed by atoms with E-state index in [1.54, 1.807) is 7.05 Å². The van der Waals surface area contributed by atoms with Crippen LogP contribution in [0.25, 0.3) is 0 Å². The first-order chi connectivity index (χ1) is 9.95. The summed E-state index contributed by atoms with van der Waals surface area (Å²) in [6, 6.07) is 8.91. The second-order valence-corrected chi connectivity index (χ2v) is 5.18. The van der Waals surface area contributed by atoms with Crippen molar-refractivity contribution in [2.24, 2.45) is 5.92 Å². The molecule has 21 heavy (non-hydrogen) atoms. The number of carbonyl (C=O) groups is 2. The Balaban J connectivity index is 2.45. The Morgan fingerprint density at radius 2 is 1.71 bits per heavy atom. The first-order valence-corrected chi connectivity index (χ1v) is 7.04. The van der Waals surface area contributed by atoms with Gasteiger partial charge in [-0.3, -0.25) is 4.79 Å². The molecule has 0 saturated heterocycles. The largest absolute Gasteiger partial charge is 0.458 e. The molecule has 1 aromatic carbocycles. The molecule has 0 fully saturated rings. The highest BCUT2D eigenvalue weighted by molar-refractivity contribution is 5.81. The van der Waals surface area contributed by atoms with E-state index < -0.39 is 24.1 Å². The van der Waals surface area contributed by atoms with Crippen molar-refractivity contribution in [2.45, 2.75) is 39.5 Å². The topological polar surface area (TPSA) is 64.6 Å². The lowest BCUT2D eigenvalue weighted by molar-refractivity contribution is -0.169. The lowest BCUT2D eigenvalue weighted by Gasteiger charge is -2.20. The van der Waals surface area contributed by atoms with Crippen LogP contribution in [0, 0.1) is 5.92 Å². The maximum Gasteiger partial charge on any atom is 0.347 e. The van der Waals surface area contributed by atoms with E-state index in [4.69, 9.17) is 9.47 Å². The van der Waals surface area contributed by atoms with Crippen molar-refractivity contribution in [3.63, 3.8) is 0 Å². The Bertz CT molecular complexity index is 459. The van der Waals surface area contributed by atoms with Gasteiger partial charge >= 0.3 is 11.9 Å². The second-order valence-electron chi connectivity index (χ2n) is 5.18. The first-order valence-electron chi connectivity index (χ1n) is 7.04. The fraction of sp³-hybridized carbons (Fsp3) is 0.500. The van der Waals surface area contributed by atoms with Crippen LogP contribution in [0.3, 0.4) is 0 Å². The van der Waals surface area contributed by atoms with Crippen molar-refractivity contribution in [2.75, 3.05) is 7.05 Å². The molecule has 0 amide bonds. The van der Waals surface area contributed by atoms with Crippen LogP contribution in [0.5, 0.6) is 0 Å². The summed E-state index contributed by atoms with van der Waals surface area (Å²) in [7, 11) is 1.68. The Labute approximate surface area is 125 Å². The molecular formula is C16H23NO4. The van der Waals surface area contributed by atoms with E-state index in [1.165, 1.54) is 6.92 Å². The summed E-state index contributed by atoms with van der Waals surface area (Å²) in [6.07, 6.45) is -0.921. The van der Waals surface area contributed by atoms with Crippen LogP contribution in [-0.2, 0) is 25.7 Å². The lowest BCUT2D eigenvalue weighted by Crippen LogP contribution is -2.42. The van der Waals surface area contributed by atoms with Crippen LogP contribution in [0.1, 0.15) is 26.3 Å². The molecule has 5 nitrogen and oxygen atoms in total. The number of nitrogens with one attached hydrogen (secondary N) is 1. The van der Waals surface area contributed by atoms with Gasteiger partial charge in [-0.1, -0.05) is 44.2 Å². The molecule has 2 unspecified atom stereocenters. The van der Waals surface area contributed by atoms with E-state index in [9.17, 15) is 9.59 Å². The summed E-state index contributed by atoms with van der Waals surface area (Å²) >= 11 is 0. The Kier molecular flexibility index (Phi) is 6.88. The van der Waals surface area contributed by atoms with Gasteiger partial charge < -0.3 is 14.8 Å². The zero-order chi connectivity index (χ0) is 15.8. The van der Waals surface area contributed by atoms with Gasteiger partial charge in [-0.2, -0.15) is 0 Å². The second kappa shape index (κ2) is 8.42. The van der Waals surface area contributed by atoms with Crippen molar-refractivity contribution in [3.05, 3.63) is 35.9 Å². The zero-order valence-corrected chi connectivity index (χ0v) is 13.0. The predicted octanol–water partition coefficient (Wildman–Crippen LogP) is 1.91. The highest BCUT2D eigenvalue weighted by Gasteiger charge is 2.26. The van der Waals surface area contributed by atoms with Gasteiger partial charge in [-0.25, -0.2) is 4.79 Å². The number of hydrogen-bond donors (Lipinski definition) is 1. The van der Waals surface area contributed by atoms with Gasteiger partial charge in [0.25, 0.3) is 0 Å². The molecule has 0 aliphatic heterocycles. The number of carbonyl (C=O) groups excluding carboxylic acids is 2. The van der Waals surface area contributed by atoms with E-state index in [2.05, 4.69) is 5.32 Å². The monoisotopic (exact) mass is 293 g/mol. The van der Waals surface area contributed by atoms with Crippen molar-refractivity contribution >= 4 is 11.9 Å². The van der Waals surface area contributed by atoms with Crippen LogP contribution in [0.15, 0.2) is 30.3 Å². The zero-order valence-electron chi connectivity index (χ0n) is 13.0. The van der Waals surface area contributed by atoms with Gasteiger partial charge in [0.1, 0.15) is 12.6 Å². The van der Waals surface area contributed by atoms with E-state index in [1.807, 2.05) is 44.2 Å². The average molecular weight is 293 g/mol. The molecule has 116 valence electrons. The normalized spacial score (nSPS) is 13.6. The van der Waals surface area contributed by atoms with Crippen LogP contribution >= 0.6 is 0 Å². The number of hydrogen-bond acceptors (Lipinski definition) is 5. The Morgan fingerprint density at radius 3 is 2.24 bits per heavy atom. The highest BCUT2D eigenvalue weighted by Crippen LogP contribution is 2.07. The third kappa shape index (κ3) is 5.55. The number of ether oxygens (including phenoxy) is 2. The summed E-state index contributed by atoms with van der Waals surface area (Å²) in [5.74, 6) is -0.919. The number of rotatable bonds is 7. The molecule has 0 aromatic heterocycles. The van der Waals surface area contributed by atoms with Gasteiger partial charge in [0.15, 0.2) is 6.10 Å². The minimum absolute atomic E-state index is 0.0787. The molecule has 0 bridgehead atoms. The lowest BCUT2D eigenvalue weighted by atomic mass is 10.1. The smallest absolute Gasteiger partial charge is 0.347 e. The van der Waals surface area contributed by atoms with Crippen LogP contribution in [-0.4, -0.2) is 31.1 Å². The van der Waals surface area contributed by atoms with E-state index in [0.717, 1.165) is 5.56 Å². The molecule has 2 atom stereocenters. The van der Waals surface area contributed by atoms with Crippen LogP contribution in [0.4, 0.5) is 0 Å². The molecule has 0 heterocycles. The fourth-order valence-electron chi connectivity index (χ4n) is 1.87. The number of benzene rings is 1. The van der Waals surface area contributed by atoms with Crippen molar-refractivity contribution in [3.8, 4) is 0 Å². The molecule has 1 rings (SSSR count). The quantitative estimate of drug-likeness (QED) is 0.778. The highest BCUT2D eigenvalue weighted by atomic mass is 16.6. The standard InChI is InChI=1S/C16H23NO4/c1-11(2)14(17-4)16(19)21-12(3)15(18)20-10-13-8-6-5-7-9-13/h5-9,11-12,14,17H,10H2,1-4H3. The summed E-state index contributed by atoms with van der Waals surface area (Å²) in [5, 5.41) is 2.88. The summed E-state index contributed by atoms with van der Waals surface area (Å²) in [6.45, 7) is 5.49. The van der Waals surface area contributed by atoms with Gasteiger partial charge in [0, 0.05) is 0 Å². The first kappa shape index (κ1) is 17.2. The summed E-state index contributed by atoms with van der Waals surface area (Å²) in [5.41, 5.74) is 0.889. The van der Waals surface area contributed by atoms with E-state index in [-0.39, 0.29) is 12.5 Å². The Morgan fingerprint density at radius 1 is 1.10 bits per heavy atom. The Hall–Kier alpha value is -1.88. The van der Waals surface area contributed by atoms with Crippen molar-refractivity contribution in [1.29, 1.82) is 0 Å². The van der Waals surface area contributed by atoms with Gasteiger partial charge in [-0.15, -0.1) is 0 Å². The molecule has 0 aliphatic carbocycles. The SMILES string of the molecule is CNC(C(=O)OC(C)C(=O)OCc1ccccc1)C(C)C. The van der Waals surface area contributed by atoms with Gasteiger partial charge in [0.05, 0.1) is 0 Å². The third-order valence-electron chi connectivity index (χ3n) is 3.08. The van der Waals surface area contributed by atoms with Crippen LogP contribution < -0.4 is 5.32 Å². The molecule has 1 aromatic rings. The minimum atomic E-state index is -0.921. The predicted molar refractivity (Wildman–Crippen MR) is 79.5 cm³/mol. The van der Waals surface area contributed by atoms with Gasteiger partial charge in [0.2, 0.25) is 0 Å². The maximum absolute atomic E-state index is 11.9. The molecule has 0 spiro atoms. The molecule has 5 heteroatoms. The van der Waals surface area contributed by atoms with Crippen molar-refractivity contribution in [1.82, 2.24) is 5.32 Å². The van der Waals surface area contributed by atoms with Crippen LogP contribution in [0.2, 0.25) is 0 Å². The van der Waals surface area contributed by atoms with E-state index >= 15 is 0 Å².